The lowest BCUT2D eigenvalue weighted by Gasteiger charge is -2.08. The lowest BCUT2D eigenvalue weighted by Crippen LogP contribution is -2.41. The number of aryl methyl sites for hydroxylation is 1. The van der Waals surface area contributed by atoms with Crippen LogP contribution in [0.2, 0.25) is 0 Å². The average molecular weight is 261 g/mol. The molecular weight excluding hydrogens is 246 g/mol. The fraction of sp³-hybridized carbons (Fsp3) is 0.556. The van der Waals surface area contributed by atoms with Gasteiger partial charge in [-0.3, -0.25) is 13.9 Å². The van der Waals surface area contributed by atoms with Gasteiger partial charge in [0.15, 0.2) is 0 Å². The van der Waals surface area contributed by atoms with Gasteiger partial charge in [0.1, 0.15) is 9.84 Å². The first kappa shape index (κ1) is 13.7. The number of hydrogen-bond acceptors (Lipinski definition) is 5. The lowest BCUT2D eigenvalue weighted by atomic mass is 10.5. The van der Waals surface area contributed by atoms with Crippen molar-refractivity contribution >= 4 is 9.84 Å². The normalized spacial score (nSPS) is 11.6. The molecule has 0 aliphatic heterocycles. The molecule has 0 radical (unpaired) electrons. The summed E-state index contributed by atoms with van der Waals surface area (Å²) in [6, 6.07) is 1.22. The van der Waals surface area contributed by atoms with Gasteiger partial charge in [0.2, 0.25) is 0 Å². The predicted octanol–water partition coefficient (Wildman–Crippen LogP) is -1.99. The van der Waals surface area contributed by atoms with Crippen LogP contribution in [-0.4, -0.2) is 36.1 Å². The van der Waals surface area contributed by atoms with Crippen LogP contribution in [0.1, 0.15) is 0 Å². The number of hydrogen-bond donors (Lipinski definition) is 1. The van der Waals surface area contributed by atoms with Crippen molar-refractivity contribution in [1.82, 2.24) is 9.13 Å². The van der Waals surface area contributed by atoms with Gasteiger partial charge in [-0.1, -0.05) is 0 Å². The standard InChI is InChI=1S/C9H15N3O4S/c1-17(15,16)7-6-11-4-2-8(13)12(5-3-10)9(11)14/h2,4H,3,5-7,10H2,1H3. The summed E-state index contributed by atoms with van der Waals surface area (Å²) in [6.07, 6.45) is 2.39. The van der Waals surface area contributed by atoms with Crippen molar-refractivity contribution in [3.05, 3.63) is 33.1 Å². The van der Waals surface area contributed by atoms with Crippen LogP contribution in [0.25, 0.3) is 0 Å². The molecule has 1 heterocycles. The Labute approximate surface area is 98.4 Å². The van der Waals surface area contributed by atoms with Crippen molar-refractivity contribution < 1.29 is 8.42 Å². The quantitative estimate of drug-likeness (QED) is 0.661. The summed E-state index contributed by atoms with van der Waals surface area (Å²) in [5.74, 6) is -0.145. The minimum Gasteiger partial charge on any atom is -0.329 e. The molecule has 0 aromatic carbocycles. The van der Waals surface area contributed by atoms with E-state index in [1.54, 1.807) is 0 Å². The molecule has 0 atom stereocenters. The molecule has 0 aliphatic rings. The molecule has 1 aromatic heterocycles. The Morgan fingerprint density at radius 3 is 2.47 bits per heavy atom. The zero-order valence-corrected chi connectivity index (χ0v) is 10.3. The van der Waals surface area contributed by atoms with E-state index >= 15 is 0 Å². The first-order chi connectivity index (χ1) is 7.85. The maximum absolute atomic E-state index is 11.8. The molecule has 0 aliphatic carbocycles. The maximum Gasteiger partial charge on any atom is 0.331 e. The molecule has 0 spiro atoms. The SMILES string of the molecule is CS(=O)(=O)CCn1ccc(=O)n(CCN)c1=O. The Balaban J connectivity index is 3.07. The molecule has 7 nitrogen and oxygen atoms in total. The van der Waals surface area contributed by atoms with Gasteiger partial charge in [-0.2, -0.15) is 0 Å². The van der Waals surface area contributed by atoms with Gasteiger partial charge >= 0.3 is 5.69 Å². The van der Waals surface area contributed by atoms with E-state index in [9.17, 15) is 18.0 Å². The zero-order valence-electron chi connectivity index (χ0n) is 9.50. The summed E-state index contributed by atoms with van der Waals surface area (Å²) < 4.78 is 24.2. The summed E-state index contributed by atoms with van der Waals surface area (Å²) >= 11 is 0. The summed E-state index contributed by atoms with van der Waals surface area (Å²) in [7, 11) is -3.15. The van der Waals surface area contributed by atoms with Gasteiger partial charge in [0.05, 0.1) is 5.75 Å². The summed E-state index contributed by atoms with van der Waals surface area (Å²) in [5, 5.41) is 0. The van der Waals surface area contributed by atoms with Crippen molar-refractivity contribution in [2.75, 3.05) is 18.6 Å². The molecule has 17 heavy (non-hydrogen) atoms. The monoisotopic (exact) mass is 261 g/mol. The topological polar surface area (TPSA) is 104 Å². The van der Waals surface area contributed by atoms with E-state index < -0.39 is 21.1 Å². The first-order valence-corrected chi connectivity index (χ1v) is 7.09. The second-order valence-electron chi connectivity index (χ2n) is 3.70. The first-order valence-electron chi connectivity index (χ1n) is 5.03. The fourth-order valence-corrected chi connectivity index (χ4v) is 1.85. The maximum atomic E-state index is 11.8. The van der Waals surface area contributed by atoms with E-state index in [0.717, 1.165) is 10.8 Å². The zero-order chi connectivity index (χ0) is 13.1. The molecular formula is C9H15N3O4S. The molecule has 96 valence electrons. The minimum atomic E-state index is -3.15. The summed E-state index contributed by atoms with van der Waals surface area (Å²) in [5.41, 5.74) is 4.32. The van der Waals surface area contributed by atoms with Crippen LogP contribution in [0, 0.1) is 0 Å². The van der Waals surface area contributed by atoms with Gasteiger partial charge in [-0.15, -0.1) is 0 Å². The van der Waals surface area contributed by atoms with Crippen molar-refractivity contribution in [3.63, 3.8) is 0 Å². The van der Waals surface area contributed by atoms with Crippen LogP contribution < -0.4 is 17.0 Å². The van der Waals surface area contributed by atoms with E-state index in [1.807, 2.05) is 0 Å². The third kappa shape index (κ3) is 3.82. The Morgan fingerprint density at radius 1 is 1.29 bits per heavy atom. The number of nitrogens with two attached hydrogens (primary N) is 1. The van der Waals surface area contributed by atoms with Crippen molar-refractivity contribution in [3.8, 4) is 0 Å². The second kappa shape index (κ2) is 5.28. The van der Waals surface area contributed by atoms with Gasteiger partial charge in [0.25, 0.3) is 5.56 Å². The van der Waals surface area contributed by atoms with Gasteiger partial charge in [-0.25, -0.2) is 13.2 Å². The highest BCUT2D eigenvalue weighted by molar-refractivity contribution is 7.90. The number of aromatic nitrogens is 2. The molecule has 0 amide bonds. The van der Waals surface area contributed by atoms with Crippen LogP contribution in [0.3, 0.4) is 0 Å². The van der Waals surface area contributed by atoms with E-state index in [4.69, 9.17) is 5.73 Å². The molecule has 0 fully saturated rings. The molecule has 0 saturated carbocycles. The Bertz CT molecular complexity index is 599. The van der Waals surface area contributed by atoms with E-state index in [-0.39, 0.29) is 25.4 Å². The minimum absolute atomic E-state index is 0.0303. The lowest BCUT2D eigenvalue weighted by molar-refractivity contribution is 0.560. The average Bonchev–Trinajstić information content (AvgIpc) is 2.22. The Hall–Kier alpha value is -1.41. The van der Waals surface area contributed by atoms with Crippen molar-refractivity contribution in [2.24, 2.45) is 5.73 Å². The van der Waals surface area contributed by atoms with Crippen LogP contribution in [0.15, 0.2) is 21.9 Å². The van der Waals surface area contributed by atoms with Crippen LogP contribution in [-0.2, 0) is 22.9 Å². The fourth-order valence-electron chi connectivity index (χ4n) is 1.33. The number of nitrogens with zero attached hydrogens (tertiary/aromatic N) is 2. The summed E-state index contributed by atoms with van der Waals surface area (Å²) in [4.78, 5) is 23.1. The smallest absolute Gasteiger partial charge is 0.329 e. The molecule has 0 saturated heterocycles. The highest BCUT2D eigenvalue weighted by atomic mass is 32.2. The third-order valence-corrected chi connectivity index (χ3v) is 3.12. The third-order valence-electron chi connectivity index (χ3n) is 2.20. The van der Waals surface area contributed by atoms with Crippen LogP contribution >= 0.6 is 0 Å². The van der Waals surface area contributed by atoms with Crippen molar-refractivity contribution in [2.45, 2.75) is 13.1 Å². The van der Waals surface area contributed by atoms with Gasteiger partial charge < -0.3 is 5.73 Å². The molecule has 8 heteroatoms. The van der Waals surface area contributed by atoms with Crippen LogP contribution in [0.5, 0.6) is 0 Å². The molecule has 0 unspecified atom stereocenters. The summed E-state index contributed by atoms with van der Waals surface area (Å²) in [6.45, 7) is 0.325. The number of sulfone groups is 1. The predicted molar refractivity (Wildman–Crippen MR) is 63.7 cm³/mol. The Morgan fingerprint density at radius 2 is 1.94 bits per heavy atom. The second-order valence-corrected chi connectivity index (χ2v) is 5.96. The highest BCUT2D eigenvalue weighted by Crippen LogP contribution is 1.86. The van der Waals surface area contributed by atoms with Crippen molar-refractivity contribution in [1.29, 1.82) is 0 Å². The highest BCUT2D eigenvalue weighted by Gasteiger charge is 2.07. The Kier molecular flexibility index (Phi) is 4.24. The van der Waals surface area contributed by atoms with E-state index in [2.05, 4.69) is 0 Å². The van der Waals surface area contributed by atoms with E-state index in [1.165, 1.54) is 16.8 Å². The molecule has 1 rings (SSSR count). The van der Waals surface area contributed by atoms with Gasteiger partial charge in [0, 0.05) is 38.2 Å². The molecule has 1 aromatic rings. The molecule has 0 bridgehead atoms. The largest absolute Gasteiger partial charge is 0.331 e. The van der Waals surface area contributed by atoms with Crippen LogP contribution in [0.4, 0.5) is 0 Å². The molecule has 2 N–H and O–H groups in total. The number of rotatable bonds is 5. The van der Waals surface area contributed by atoms with E-state index in [0.29, 0.717) is 0 Å². The van der Waals surface area contributed by atoms with Gasteiger partial charge in [-0.05, 0) is 0 Å².